The van der Waals surface area contributed by atoms with E-state index < -0.39 is 0 Å². The van der Waals surface area contributed by atoms with Crippen LogP contribution in [0, 0.1) is 6.92 Å². The molecule has 0 aromatic heterocycles. The van der Waals surface area contributed by atoms with Crippen molar-refractivity contribution in [3.8, 4) is 11.1 Å². The average molecular weight is 312 g/mol. The molecule has 0 nitrogen and oxygen atoms in total. The molecule has 24 heavy (non-hydrogen) atoms. The average Bonchev–Trinajstić information content (AvgIpc) is 2.63. The third-order valence-electron chi connectivity index (χ3n) is 5.26. The van der Waals surface area contributed by atoms with Crippen LogP contribution in [0.5, 0.6) is 0 Å². The van der Waals surface area contributed by atoms with Crippen LogP contribution in [-0.4, -0.2) is 0 Å². The SMILES string of the molecule is Cc1ccccc1Cc1cccc(-c2ccc3c(c2)CCCC3)c1. The Hall–Kier alpha value is -2.34. The number of fused-ring (bicyclic) bond motifs is 1. The van der Waals surface area contributed by atoms with Crippen molar-refractivity contribution in [1.82, 2.24) is 0 Å². The molecular weight excluding hydrogens is 288 g/mol. The van der Waals surface area contributed by atoms with Gasteiger partial charge in [-0.15, -0.1) is 0 Å². The van der Waals surface area contributed by atoms with Gasteiger partial charge in [0.1, 0.15) is 0 Å². The number of benzene rings is 3. The third-order valence-corrected chi connectivity index (χ3v) is 5.26. The molecule has 0 unspecified atom stereocenters. The number of hydrogen-bond acceptors (Lipinski definition) is 0. The zero-order valence-electron chi connectivity index (χ0n) is 14.4. The largest absolute Gasteiger partial charge is 0.0620 e. The van der Waals surface area contributed by atoms with Gasteiger partial charge in [0.2, 0.25) is 0 Å². The van der Waals surface area contributed by atoms with Crippen LogP contribution in [0.15, 0.2) is 66.7 Å². The van der Waals surface area contributed by atoms with Crippen LogP contribution in [0.1, 0.15) is 40.7 Å². The summed E-state index contributed by atoms with van der Waals surface area (Å²) in [6.45, 7) is 2.20. The highest BCUT2D eigenvalue weighted by Gasteiger charge is 2.10. The lowest BCUT2D eigenvalue weighted by molar-refractivity contribution is 0.686. The fraction of sp³-hybridized carbons (Fsp3) is 0.250. The molecule has 0 saturated heterocycles. The maximum absolute atomic E-state index is 2.42. The van der Waals surface area contributed by atoms with Crippen LogP contribution in [0.4, 0.5) is 0 Å². The molecule has 0 heteroatoms. The minimum atomic E-state index is 1.01. The molecule has 0 atom stereocenters. The van der Waals surface area contributed by atoms with E-state index in [4.69, 9.17) is 0 Å². The van der Waals surface area contributed by atoms with Gasteiger partial charge in [-0.3, -0.25) is 0 Å². The molecule has 0 saturated carbocycles. The molecule has 3 aromatic rings. The van der Waals surface area contributed by atoms with E-state index in [2.05, 4.69) is 73.7 Å². The van der Waals surface area contributed by atoms with Crippen LogP contribution in [0.3, 0.4) is 0 Å². The van der Waals surface area contributed by atoms with Crippen molar-refractivity contribution in [1.29, 1.82) is 0 Å². The lowest BCUT2D eigenvalue weighted by Gasteiger charge is -2.17. The van der Waals surface area contributed by atoms with E-state index >= 15 is 0 Å². The second-order valence-electron chi connectivity index (χ2n) is 6.99. The Morgan fingerprint density at radius 2 is 1.50 bits per heavy atom. The van der Waals surface area contributed by atoms with Gasteiger partial charge in [0.15, 0.2) is 0 Å². The second kappa shape index (κ2) is 6.65. The van der Waals surface area contributed by atoms with Gasteiger partial charge in [-0.25, -0.2) is 0 Å². The van der Waals surface area contributed by atoms with Crippen LogP contribution in [0.2, 0.25) is 0 Å². The van der Waals surface area contributed by atoms with Gasteiger partial charge in [-0.05, 0) is 78.0 Å². The van der Waals surface area contributed by atoms with Crippen molar-refractivity contribution in [2.45, 2.75) is 39.0 Å². The maximum Gasteiger partial charge on any atom is -0.00229 e. The van der Waals surface area contributed by atoms with Gasteiger partial charge in [0.25, 0.3) is 0 Å². The van der Waals surface area contributed by atoms with Crippen molar-refractivity contribution >= 4 is 0 Å². The summed E-state index contributed by atoms with van der Waals surface area (Å²) in [5.41, 5.74) is 10.00. The predicted molar refractivity (Wildman–Crippen MR) is 103 cm³/mol. The predicted octanol–water partition coefficient (Wildman–Crippen LogP) is 6.13. The van der Waals surface area contributed by atoms with Gasteiger partial charge >= 0.3 is 0 Å². The Labute approximate surface area is 145 Å². The smallest absolute Gasteiger partial charge is 0.00229 e. The molecule has 3 aromatic carbocycles. The molecule has 1 aliphatic rings. The summed E-state index contributed by atoms with van der Waals surface area (Å²) in [5, 5.41) is 0. The van der Waals surface area contributed by atoms with Gasteiger partial charge in [-0.1, -0.05) is 66.7 Å². The highest BCUT2D eigenvalue weighted by Crippen LogP contribution is 2.28. The molecule has 0 aliphatic heterocycles. The first-order valence-corrected chi connectivity index (χ1v) is 9.05. The quantitative estimate of drug-likeness (QED) is 0.545. The fourth-order valence-electron chi connectivity index (χ4n) is 3.80. The van der Waals surface area contributed by atoms with Gasteiger partial charge in [0.05, 0.1) is 0 Å². The molecule has 0 fully saturated rings. The first-order valence-electron chi connectivity index (χ1n) is 9.05. The Balaban J connectivity index is 1.64. The molecule has 1 aliphatic carbocycles. The van der Waals surface area contributed by atoms with E-state index in [0.29, 0.717) is 0 Å². The molecule has 0 spiro atoms. The topological polar surface area (TPSA) is 0 Å². The first kappa shape index (κ1) is 15.2. The molecule has 0 heterocycles. The lowest BCUT2D eigenvalue weighted by atomic mass is 9.88. The molecule has 0 N–H and O–H groups in total. The summed E-state index contributed by atoms with van der Waals surface area (Å²) in [5.74, 6) is 0. The van der Waals surface area contributed by atoms with E-state index in [9.17, 15) is 0 Å². The number of aryl methyl sites for hydroxylation is 3. The second-order valence-corrected chi connectivity index (χ2v) is 6.99. The van der Waals surface area contributed by atoms with Crippen LogP contribution in [-0.2, 0) is 19.3 Å². The van der Waals surface area contributed by atoms with E-state index in [1.54, 1.807) is 11.1 Å². The maximum atomic E-state index is 2.42. The summed E-state index contributed by atoms with van der Waals surface area (Å²) >= 11 is 0. The van der Waals surface area contributed by atoms with Crippen molar-refractivity contribution in [3.63, 3.8) is 0 Å². The summed E-state index contributed by atoms with van der Waals surface area (Å²) in [4.78, 5) is 0. The summed E-state index contributed by atoms with van der Waals surface area (Å²) < 4.78 is 0. The first-order chi connectivity index (χ1) is 11.8. The van der Waals surface area contributed by atoms with E-state index in [1.807, 2.05) is 0 Å². The Kier molecular flexibility index (Phi) is 4.21. The van der Waals surface area contributed by atoms with Crippen LogP contribution < -0.4 is 0 Å². The van der Waals surface area contributed by atoms with E-state index in [0.717, 1.165) is 6.42 Å². The fourth-order valence-corrected chi connectivity index (χ4v) is 3.80. The molecule has 0 bridgehead atoms. The zero-order valence-corrected chi connectivity index (χ0v) is 14.4. The van der Waals surface area contributed by atoms with Crippen molar-refractivity contribution < 1.29 is 0 Å². The Bertz CT molecular complexity index is 857. The molecule has 4 rings (SSSR count). The van der Waals surface area contributed by atoms with Crippen molar-refractivity contribution in [2.75, 3.05) is 0 Å². The van der Waals surface area contributed by atoms with E-state index in [-0.39, 0.29) is 0 Å². The highest BCUT2D eigenvalue weighted by atomic mass is 14.2. The monoisotopic (exact) mass is 312 g/mol. The van der Waals surface area contributed by atoms with Crippen LogP contribution >= 0.6 is 0 Å². The summed E-state index contributed by atoms with van der Waals surface area (Å²) in [6, 6.07) is 24.8. The Morgan fingerprint density at radius 3 is 2.38 bits per heavy atom. The summed E-state index contributed by atoms with van der Waals surface area (Å²) in [7, 11) is 0. The minimum Gasteiger partial charge on any atom is -0.0620 e. The van der Waals surface area contributed by atoms with E-state index in [1.165, 1.54) is 53.5 Å². The van der Waals surface area contributed by atoms with Gasteiger partial charge in [0, 0.05) is 0 Å². The number of hydrogen-bond donors (Lipinski definition) is 0. The lowest BCUT2D eigenvalue weighted by Crippen LogP contribution is -2.02. The molecule has 0 amide bonds. The van der Waals surface area contributed by atoms with Crippen LogP contribution in [0.25, 0.3) is 11.1 Å². The Morgan fingerprint density at radius 1 is 0.708 bits per heavy atom. The number of rotatable bonds is 3. The van der Waals surface area contributed by atoms with Gasteiger partial charge in [-0.2, -0.15) is 0 Å². The third kappa shape index (κ3) is 3.14. The summed E-state index contributed by atoms with van der Waals surface area (Å²) in [6.07, 6.45) is 6.18. The normalized spacial score (nSPS) is 13.5. The minimum absolute atomic E-state index is 1.01. The zero-order chi connectivity index (χ0) is 16.4. The van der Waals surface area contributed by atoms with Crippen molar-refractivity contribution in [2.24, 2.45) is 0 Å². The van der Waals surface area contributed by atoms with Gasteiger partial charge < -0.3 is 0 Å². The molecule has 0 radical (unpaired) electrons. The van der Waals surface area contributed by atoms with Crippen molar-refractivity contribution in [3.05, 3.63) is 94.5 Å². The molecule has 120 valence electrons. The standard InChI is InChI=1S/C24H24/c1-18-7-2-3-10-21(18)15-19-8-6-12-22(16-19)24-14-13-20-9-4-5-11-23(20)17-24/h2-3,6-8,10,12-14,16-17H,4-5,9,11,15H2,1H3. The highest BCUT2D eigenvalue weighted by molar-refractivity contribution is 5.66. The molecular formula is C24H24.